The fourth-order valence-electron chi connectivity index (χ4n) is 2.27. The minimum atomic E-state index is -0.333. The first-order chi connectivity index (χ1) is 12.5. The summed E-state index contributed by atoms with van der Waals surface area (Å²) in [5.74, 6) is -0.0414. The number of hydrogen-bond acceptors (Lipinski definition) is 4. The van der Waals surface area contributed by atoms with E-state index in [1.807, 2.05) is 0 Å². The molecule has 2 amide bonds. The van der Waals surface area contributed by atoms with Gasteiger partial charge in [0.1, 0.15) is 5.75 Å². The molecule has 6 nitrogen and oxygen atoms in total. The number of carbonyl (C=O) groups excluding carboxylic acids is 2. The van der Waals surface area contributed by atoms with Crippen molar-refractivity contribution in [1.29, 1.82) is 0 Å². The van der Waals surface area contributed by atoms with Gasteiger partial charge >= 0.3 is 0 Å². The van der Waals surface area contributed by atoms with E-state index in [0.29, 0.717) is 40.7 Å². The van der Waals surface area contributed by atoms with Crippen LogP contribution in [0.2, 0.25) is 5.02 Å². The molecule has 0 saturated heterocycles. The number of anilines is 1. The van der Waals surface area contributed by atoms with E-state index in [4.69, 9.17) is 21.1 Å². The quantitative estimate of drug-likeness (QED) is 0.692. The predicted octanol–water partition coefficient (Wildman–Crippen LogP) is 3.37. The maximum absolute atomic E-state index is 12.4. The molecule has 2 aromatic carbocycles. The Labute approximate surface area is 157 Å². The molecule has 0 fully saturated rings. The number of methoxy groups -OCH3 is 2. The van der Waals surface area contributed by atoms with E-state index < -0.39 is 0 Å². The van der Waals surface area contributed by atoms with Crippen molar-refractivity contribution >= 4 is 29.1 Å². The van der Waals surface area contributed by atoms with Crippen molar-refractivity contribution in [1.82, 2.24) is 5.32 Å². The third kappa shape index (κ3) is 5.47. The molecule has 2 aromatic rings. The molecule has 0 aromatic heterocycles. The van der Waals surface area contributed by atoms with Crippen LogP contribution < -0.4 is 15.4 Å². The molecule has 0 atom stereocenters. The Bertz CT molecular complexity index is 780. The molecule has 7 heteroatoms. The van der Waals surface area contributed by atoms with Crippen LogP contribution in [0.4, 0.5) is 5.69 Å². The summed E-state index contributed by atoms with van der Waals surface area (Å²) >= 11 is 6.06. The molecule has 2 N–H and O–H groups in total. The summed E-state index contributed by atoms with van der Waals surface area (Å²) in [7, 11) is 3.13. The van der Waals surface area contributed by atoms with Crippen molar-refractivity contribution in [3.63, 3.8) is 0 Å². The zero-order valence-corrected chi connectivity index (χ0v) is 15.4. The van der Waals surface area contributed by atoms with Crippen molar-refractivity contribution < 1.29 is 19.1 Å². The first-order valence-electron chi connectivity index (χ1n) is 8.07. The van der Waals surface area contributed by atoms with Crippen LogP contribution in [-0.2, 0) is 4.74 Å². The molecule has 0 bridgehead atoms. The van der Waals surface area contributed by atoms with Crippen molar-refractivity contribution in [2.75, 3.05) is 32.7 Å². The Morgan fingerprint density at radius 2 is 1.77 bits per heavy atom. The zero-order valence-electron chi connectivity index (χ0n) is 14.7. The maximum atomic E-state index is 12.4. The molecule has 0 aliphatic carbocycles. The Balaban J connectivity index is 2.03. The molecule has 26 heavy (non-hydrogen) atoms. The fourth-order valence-corrected chi connectivity index (χ4v) is 2.53. The van der Waals surface area contributed by atoms with Crippen molar-refractivity contribution in [3.8, 4) is 5.75 Å². The van der Waals surface area contributed by atoms with Crippen molar-refractivity contribution in [3.05, 3.63) is 58.6 Å². The number of rotatable bonds is 8. The minimum absolute atomic E-state index is 0.233. The molecular weight excluding hydrogens is 356 g/mol. The van der Waals surface area contributed by atoms with Gasteiger partial charge < -0.3 is 20.1 Å². The Kier molecular flexibility index (Phi) is 7.44. The van der Waals surface area contributed by atoms with Gasteiger partial charge in [0, 0.05) is 37.1 Å². The monoisotopic (exact) mass is 376 g/mol. The lowest BCUT2D eigenvalue weighted by molar-refractivity contribution is 0.0948. The van der Waals surface area contributed by atoms with Crippen LogP contribution in [0.3, 0.4) is 0 Å². The van der Waals surface area contributed by atoms with Crippen LogP contribution >= 0.6 is 11.6 Å². The largest absolute Gasteiger partial charge is 0.495 e. The summed E-state index contributed by atoms with van der Waals surface area (Å²) in [5, 5.41) is 5.93. The van der Waals surface area contributed by atoms with Crippen LogP contribution in [0.25, 0.3) is 0 Å². The first-order valence-corrected chi connectivity index (χ1v) is 8.45. The number of carbonyl (C=O) groups is 2. The van der Waals surface area contributed by atoms with E-state index in [0.717, 1.165) is 6.42 Å². The number of hydrogen-bond donors (Lipinski definition) is 2. The molecule has 0 saturated carbocycles. The molecular formula is C19H21ClN2O4. The highest BCUT2D eigenvalue weighted by atomic mass is 35.5. The zero-order chi connectivity index (χ0) is 18.9. The van der Waals surface area contributed by atoms with E-state index in [-0.39, 0.29) is 11.8 Å². The van der Waals surface area contributed by atoms with Crippen LogP contribution in [0.1, 0.15) is 27.1 Å². The van der Waals surface area contributed by atoms with E-state index in [1.54, 1.807) is 49.6 Å². The van der Waals surface area contributed by atoms with Crippen LogP contribution in [-0.4, -0.2) is 39.2 Å². The molecule has 0 spiro atoms. The smallest absolute Gasteiger partial charge is 0.255 e. The van der Waals surface area contributed by atoms with Gasteiger partial charge in [-0.3, -0.25) is 9.59 Å². The highest BCUT2D eigenvalue weighted by molar-refractivity contribution is 6.32. The highest BCUT2D eigenvalue weighted by Crippen LogP contribution is 2.27. The summed E-state index contributed by atoms with van der Waals surface area (Å²) in [6, 6.07) is 11.5. The second-order valence-electron chi connectivity index (χ2n) is 5.49. The third-order valence-electron chi connectivity index (χ3n) is 3.61. The molecule has 138 valence electrons. The average molecular weight is 377 g/mol. The lowest BCUT2D eigenvalue weighted by atomic mass is 10.1. The lowest BCUT2D eigenvalue weighted by Crippen LogP contribution is -2.25. The summed E-state index contributed by atoms with van der Waals surface area (Å²) in [4.78, 5) is 24.6. The van der Waals surface area contributed by atoms with Crippen molar-refractivity contribution in [2.24, 2.45) is 0 Å². The molecule has 0 heterocycles. The van der Waals surface area contributed by atoms with Gasteiger partial charge in [0.15, 0.2) is 0 Å². The Morgan fingerprint density at radius 1 is 1.04 bits per heavy atom. The SMILES string of the molecule is COCCCNC(=O)c1cccc(C(=O)Nc2ccc(OC)c(Cl)c2)c1. The fraction of sp³-hybridized carbons (Fsp3) is 0.263. The van der Waals surface area contributed by atoms with Crippen molar-refractivity contribution in [2.45, 2.75) is 6.42 Å². The topological polar surface area (TPSA) is 76.7 Å². The van der Waals surface area contributed by atoms with Gasteiger partial charge in [0.2, 0.25) is 0 Å². The number of benzene rings is 2. The van der Waals surface area contributed by atoms with Gasteiger partial charge in [-0.05, 0) is 42.8 Å². The number of halogens is 1. The normalized spacial score (nSPS) is 10.3. The van der Waals surface area contributed by atoms with E-state index in [2.05, 4.69) is 10.6 Å². The first kappa shape index (κ1) is 19.8. The van der Waals surface area contributed by atoms with Gasteiger partial charge in [-0.1, -0.05) is 17.7 Å². The molecule has 0 aliphatic rings. The molecule has 0 aliphatic heterocycles. The third-order valence-corrected chi connectivity index (χ3v) is 3.90. The number of ether oxygens (including phenoxy) is 2. The van der Waals surface area contributed by atoms with Crippen LogP contribution in [0, 0.1) is 0 Å². The van der Waals surface area contributed by atoms with Gasteiger partial charge in [-0.2, -0.15) is 0 Å². The van der Waals surface area contributed by atoms with E-state index in [9.17, 15) is 9.59 Å². The van der Waals surface area contributed by atoms with Gasteiger partial charge in [-0.25, -0.2) is 0 Å². The minimum Gasteiger partial charge on any atom is -0.495 e. The van der Waals surface area contributed by atoms with Crippen LogP contribution in [0.15, 0.2) is 42.5 Å². The predicted molar refractivity (Wildman–Crippen MR) is 101 cm³/mol. The highest BCUT2D eigenvalue weighted by Gasteiger charge is 2.11. The van der Waals surface area contributed by atoms with Gasteiger partial charge in [0.25, 0.3) is 11.8 Å². The van der Waals surface area contributed by atoms with Crippen LogP contribution in [0.5, 0.6) is 5.75 Å². The average Bonchev–Trinajstić information content (AvgIpc) is 2.65. The summed E-state index contributed by atoms with van der Waals surface area (Å²) in [6.45, 7) is 1.08. The number of amides is 2. The van der Waals surface area contributed by atoms with Gasteiger partial charge in [-0.15, -0.1) is 0 Å². The summed E-state index contributed by atoms with van der Waals surface area (Å²) in [5.41, 5.74) is 1.33. The summed E-state index contributed by atoms with van der Waals surface area (Å²) in [6.07, 6.45) is 0.723. The maximum Gasteiger partial charge on any atom is 0.255 e. The number of nitrogens with one attached hydrogen (secondary N) is 2. The van der Waals surface area contributed by atoms with E-state index >= 15 is 0 Å². The van der Waals surface area contributed by atoms with E-state index in [1.165, 1.54) is 7.11 Å². The van der Waals surface area contributed by atoms with Gasteiger partial charge in [0.05, 0.1) is 12.1 Å². The standard InChI is InChI=1S/C19H21ClN2O4/c1-25-10-4-9-21-18(23)13-5-3-6-14(11-13)19(24)22-15-7-8-17(26-2)16(20)12-15/h3,5-8,11-12H,4,9-10H2,1-2H3,(H,21,23)(H,22,24). The molecule has 0 unspecified atom stereocenters. The lowest BCUT2D eigenvalue weighted by Gasteiger charge is -2.09. The molecule has 2 rings (SSSR count). The second-order valence-corrected chi connectivity index (χ2v) is 5.89. The summed E-state index contributed by atoms with van der Waals surface area (Å²) < 4.78 is 10.0. The molecule has 0 radical (unpaired) electrons. The Morgan fingerprint density at radius 3 is 2.42 bits per heavy atom. The Hall–Kier alpha value is -2.57. The second kappa shape index (κ2) is 9.79.